The van der Waals surface area contributed by atoms with Crippen LogP contribution >= 0.6 is 0 Å². The van der Waals surface area contributed by atoms with Crippen molar-refractivity contribution in [1.29, 1.82) is 0 Å². The summed E-state index contributed by atoms with van der Waals surface area (Å²) in [6, 6.07) is 93.3. The summed E-state index contributed by atoms with van der Waals surface area (Å²) < 4.78 is 4.86. The van der Waals surface area contributed by atoms with Crippen LogP contribution in [0.4, 0.5) is 0 Å². The van der Waals surface area contributed by atoms with Crippen LogP contribution in [0, 0.1) is 0 Å². The molecule has 10 aromatic carbocycles. The number of rotatable bonds is 8. The highest BCUT2D eigenvalue weighted by Gasteiger charge is 2.28. The van der Waals surface area contributed by atoms with Gasteiger partial charge in [-0.15, -0.1) is 0 Å². The molecule has 14 rings (SSSR count). The normalized spacial score (nSPS) is 13.6. The highest BCUT2D eigenvalue weighted by atomic mass is 15.2. The number of aliphatic imine (C=N–C) groups is 1. The second-order valence-electron chi connectivity index (χ2n) is 19.1. The lowest BCUT2D eigenvalue weighted by Crippen LogP contribution is -2.20. The van der Waals surface area contributed by atoms with Crippen LogP contribution in [0.2, 0.25) is 0 Å². The van der Waals surface area contributed by atoms with Gasteiger partial charge in [-0.1, -0.05) is 206 Å². The average molecular weight is 946 g/mol. The Hall–Kier alpha value is -9.71. The second kappa shape index (κ2) is 18.2. The maximum Gasteiger partial charge on any atom is 0.160 e. The van der Waals surface area contributed by atoms with E-state index in [4.69, 9.17) is 15.0 Å². The van der Waals surface area contributed by atoms with Gasteiger partial charge in [-0.3, -0.25) is 4.57 Å². The maximum absolute atomic E-state index is 5.95. The highest BCUT2D eigenvalue weighted by molar-refractivity contribution is 6.19. The fourth-order valence-corrected chi connectivity index (χ4v) is 11.1. The molecule has 0 N–H and O–H groups in total. The molecule has 0 amide bonds. The summed E-state index contributed by atoms with van der Waals surface area (Å²) in [6.45, 7) is 0. The fraction of sp³-hybridized carbons (Fsp3) is 0.0290. The third-order valence-corrected chi connectivity index (χ3v) is 14.7. The Kier molecular flexibility index (Phi) is 10.6. The van der Waals surface area contributed by atoms with Gasteiger partial charge in [-0.05, 0) is 111 Å². The van der Waals surface area contributed by atoms with Gasteiger partial charge in [0.15, 0.2) is 5.82 Å². The van der Waals surface area contributed by atoms with E-state index in [0.29, 0.717) is 12.2 Å². The predicted octanol–water partition coefficient (Wildman–Crippen LogP) is 17.6. The zero-order valence-electron chi connectivity index (χ0n) is 40.4. The van der Waals surface area contributed by atoms with E-state index in [0.717, 1.165) is 66.8 Å². The standard InChI is InChI=1S/C69H47N5/c1-7-19-46(20-8-1)52-31-35-63-57(39-52)58-40-53(47-21-9-2-10-22-47)32-36-64(58)73(63)67-43-56(62-45-61(50-27-15-5-16-28-50)70-69(71-62)51-29-17-6-18-30-51)44-68(72-67)74-65-37-33-54(48-23-11-3-12-24-48)41-59(65)60-42-55(34-38-66(60)74)49-25-13-4-14-26-49/h1-43,45,68H,44H2. The molecule has 0 radical (unpaired) electrons. The summed E-state index contributed by atoms with van der Waals surface area (Å²) in [7, 11) is 0. The third-order valence-electron chi connectivity index (χ3n) is 14.7. The Morgan fingerprint density at radius 2 is 0.662 bits per heavy atom. The molecule has 1 aliphatic rings. The lowest BCUT2D eigenvalue weighted by atomic mass is 10.0. The number of dihydropyridines is 1. The zero-order chi connectivity index (χ0) is 49.0. The summed E-state index contributed by atoms with van der Waals surface area (Å²) in [6.07, 6.45) is 2.52. The van der Waals surface area contributed by atoms with E-state index in [1.807, 2.05) is 6.07 Å². The lowest BCUT2D eigenvalue weighted by molar-refractivity contribution is 0.564. The van der Waals surface area contributed by atoms with E-state index < -0.39 is 0 Å². The molecule has 3 aromatic heterocycles. The monoisotopic (exact) mass is 945 g/mol. The van der Waals surface area contributed by atoms with Crippen molar-refractivity contribution in [2.75, 3.05) is 0 Å². The molecular formula is C69H47N5. The number of fused-ring (bicyclic) bond motifs is 6. The van der Waals surface area contributed by atoms with Crippen LogP contribution in [0.25, 0.3) is 116 Å². The smallest absolute Gasteiger partial charge is 0.160 e. The molecule has 0 fully saturated rings. The Labute approximate surface area is 429 Å². The molecule has 74 heavy (non-hydrogen) atoms. The van der Waals surface area contributed by atoms with Crippen molar-refractivity contribution in [2.24, 2.45) is 4.99 Å². The molecule has 0 spiro atoms. The van der Waals surface area contributed by atoms with E-state index in [-0.39, 0.29) is 6.17 Å². The number of benzene rings is 10. The molecule has 0 saturated carbocycles. The van der Waals surface area contributed by atoms with Gasteiger partial charge in [0.1, 0.15) is 12.0 Å². The van der Waals surface area contributed by atoms with Gasteiger partial charge in [0.05, 0.1) is 33.5 Å². The average Bonchev–Trinajstić information content (AvgIpc) is 3.99. The van der Waals surface area contributed by atoms with Crippen molar-refractivity contribution >= 4 is 55.0 Å². The predicted molar refractivity (Wildman–Crippen MR) is 308 cm³/mol. The number of hydrogen-bond acceptors (Lipinski definition) is 3. The number of hydrogen-bond donors (Lipinski definition) is 0. The largest absolute Gasteiger partial charge is 0.317 e. The zero-order valence-corrected chi connectivity index (χ0v) is 40.4. The Balaban J connectivity index is 1.04. The number of aromatic nitrogens is 4. The molecule has 1 atom stereocenters. The van der Waals surface area contributed by atoms with Crippen LogP contribution in [0.5, 0.6) is 0 Å². The molecule has 348 valence electrons. The quantitative estimate of drug-likeness (QED) is 0.152. The van der Waals surface area contributed by atoms with Crippen molar-refractivity contribution < 1.29 is 0 Å². The third kappa shape index (κ3) is 7.70. The van der Waals surface area contributed by atoms with E-state index in [1.54, 1.807) is 0 Å². The van der Waals surface area contributed by atoms with Gasteiger partial charge in [0.2, 0.25) is 0 Å². The van der Waals surface area contributed by atoms with Gasteiger partial charge >= 0.3 is 0 Å². The van der Waals surface area contributed by atoms with Crippen molar-refractivity contribution in [1.82, 2.24) is 19.1 Å². The topological polar surface area (TPSA) is 48.0 Å². The number of allylic oxidation sites excluding steroid dienone is 1. The van der Waals surface area contributed by atoms with Crippen LogP contribution in [-0.4, -0.2) is 24.9 Å². The van der Waals surface area contributed by atoms with Crippen LogP contribution < -0.4 is 0 Å². The Morgan fingerprint density at radius 3 is 1.08 bits per heavy atom. The summed E-state index contributed by atoms with van der Waals surface area (Å²) in [5, 5.41) is 4.70. The van der Waals surface area contributed by atoms with Gasteiger partial charge in [-0.25, -0.2) is 15.0 Å². The molecule has 1 aliphatic heterocycles. The van der Waals surface area contributed by atoms with Crippen LogP contribution in [0.3, 0.4) is 0 Å². The Morgan fingerprint density at radius 1 is 0.311 bits per heavy atom. The minimum Gasteiger partial charge on any atom is -0.317 e. The molecule has 5 heteroatoms. The highest BCUT2D eigenvalue weighted by Crippen LogP contribution is 2.43. The first-order chi connectivity index (χ1) is 36.7. The van der Waals surface area contributed by atoms with E-state index in [2.05, 4.69) is 270 Å². The van der Waals surface area contributed by atoms with Crippen LogP contribution in [0.15, 0.2) is 272 Å². The minimum absolute atomic E-state index is 0.356. The molecule has 4 heterocycles. The molecule has 5 nitrogen and oxygen atoms in total. The first-order valence-electron chi connectivity index (χ1n) is 25.3. The van der Waals surface area contributed by atoms with Crippen molar-refractivity contribution in [3.63, 3.8) is 0 Å². The molecule has 0 saturated heterocycles. The van der Waals surface area contributed by atoms with Crippen molar-refractivity contribution in [3.05, 3.63) is 273 Å². The van der Waals surface area contributed by atoms with Gasteiger partial charge in [-0.2, -0.15) is 0 Å². The number of nitrogens with zero attached hydrogens (tertiary/aromatic N) is 5. The summed E-state index contributed by atoms with van der Waals surface area (Å²) in [5.74, 6) is 1.52. The van der Waals surface area contributed by atoms with Crippen molar-refractivity contribution in [2.45, 2.75) is 12.6 Å². The summed E-state index contributed by atoms with van der Waals surface area (Å²) >= 11 is 0. The minimum atomic E-state index is -0.356. The lowest BCUT2D eigenvalue weighted by Gasteiger charge is -2.26. The van der Waals surface area contributed by atoms with E-state index >= 15 is 0 Å². The first kappa shape index (κ1) is 43.1. The molecule has 0 aliphatic carbocycles. The van der Waals surface area contributed by atoms with E-state index in [9.17, 15) is 0 Å². The molecular weight excluding hydrogens is 899 g/mol. The SMILES string of the molecule is C1=C(c2cc(-c3ccccc3)nc(-c3ccccc3)n2)CC(n2c3ccc(-c4ccccc4)cc3c3cc(-c4ccccc4)ccc32)N=C1n1c2ccc(-c3ccccc3)cc2c2cc(-c3ccccc3)ccc21. The van der Waals surface area contributed by atoms with Crippen molar-refractivity contribution in [3.8, 4) is 67.2 Å². The maximum atomic E-state index is 5.95. The van der Waals surface area contributed by atoms with Gasteiger partial charge < -0.3 is 4.57 Å². The van der Waals surface area contributed by atoms with E-state index in [1.165, 1.54) is 55.3 Å². The molecule has 1 unspecified atom stereocenters. The van der Waals surface area contributed by atoms with Gasteiger partial charge in [0, 0.05) is 39.1 Å². The van der Waals surface area contributed by atoms with Crippen LogP contribution in [-0.2, 0) is 0 Å². The molecule has 13 aromatic rings. The fourth-order valence-electron chi connectivity index (χ4n) is 11.1. The van der Waals surface area contributed by atoms with Gasteiger partial charge in [0.25, 0.3) is 0 Å². The first-order valence-corrected chi connectivity index (χ1v) is 25.3. The second-order valence-corrected chi connectivity index (χ2v) is 19.1. The molecule has 0 bridgehead atoms. The summed E-state index contributed by atoms with van der Waals surface area (Å²) in [5.41, 5.74) is 18.6. The summed E-state index contributed by atoms with van der Waals surface area (Å²) in [4.78, 5) is 16.6. The Bertz CT molecular complexity index is 4040. The van der Waals surface area contributed by atoms with Crippen LogP contribution in [0.1, 0.15) is 18.3 Å².